The number of hydrogen-bond donors (Lipinski definition) is 5. The SMILES string of the molecule is CON=C1C[C@@H](C)O[C@@H](O[C@@H]2[C@@H](C)[C@H](O[C@H]3C[C@@](C)(O)[C@@H](O)[C@H](C)O3)[C@@H](C)C(=O)O[C@H]([C@@H](C)CO[C@@H]3O[C@H](C)[C@@H](O)[C@@H](OC)[C@H]3OC)[C@H](C)[C@@H](OC(=O)CC(C)C)[C@@H](C)C(=O)[C@@](C)(O)C[C@@H]2C)[C@@H]1O. The van der Waals surface area contributed by atoms with E-state index in [0.29, 0.717) is 0 Å². The third-order valence-electron chi connectivity index (χ3n) is 14.4. The molecule has 0 bridgehead atoms. The van der Waals surface area contributed by atoms with Gasteiger partial charge in [0, 0.05) is 51.2 Å². The van der Waals surface area contributed by atoms with E-state index in [9.17, 15) is 35.1 Å². The summed E-state index contributed by atoms with van der Waals surface area (Å²) in [5, 5.41) is 60.8. The lowest BCUT2D eigenvalue weighted by Gasteiger charge is -2.46. The number of nitrogens with zero attached hydrogens (tertiary/aromatic N) is 1. The minimum Gasteiger partial charge on any atom is -0.461 e. The molecule has 4 fully saturated rings. The number of ketones is 1. The molecule has 0 aromatic heterocycles. The van der Waals surface area contributed by atoms with Crippen LogP contribution in [0.25, 0.3) is 0 Å². The van der Waals surface area contributed by atoms with Crippen molar-refractivity contribution < 1.29 is 92.1 Å². The van der Waals surface area contributed by atoms with Crippen molar-refractivity contribution >= 4 is 23.4 Å². The molecule has 0 unspecified atom stereocenters. The number of aliphatic hydroxyl groups is 5. The van der Waals surface area contributed by atoms with E-state index in [2.05, 4.69) is 5.16 Å². The third kappa shape index (κ3) is 14.4. The van der Waals surface area contributed by atoms with Gasteiger partial charge in [0.25, 0.3) is 0 Å². The van der Waals surface area contributed by atoms with Gasteiger partial charge < -0.3 is 77.7 Å². The highest BCUT2D eigenvalue weighted by Crippen LogP contribution is 2.40. The number of cyclic esters (lactones) is 1. The van der Waals surface area contributed by atoms with Gasteiger partial charge >= 0.3 is 11.9 Å². The molecule has 0 saturated carbocycles. The predicted octanol–water partition coefficient (Wildman–Crippen LogP) is 3.06. The Morgan fingerprint density at radius 2 is 1.41 bits per heavy atom. The maximum absolute atomic E-state index is 15.1. The number of carbonyl (C=O) groups is 3. The molecule has 4 heterocycles. The summed E-state index contributed by atoms with van der Waals surface area (Å²) >= 11 is 0. The fourth-order valence-corrected chi connectivity index (χ4v) is 10.6. The Morgan fingerprint density at radius 1 is 0.768 bits per heavy atom. The van der Waals surface area contributed by atoms with Crippen molar-refractivity contribution in [3.05, 3.63) is 0 Å². The summed E-state index contributed by atoms with van der Waals surface area (Å²) in [7, 11) is 4.23. The molecule has 23 atom stereocenters. The van der Waals surface area contributed by atoms with Gasteiger partial charge in [-0.3, -0.25) is 14.4 Å². The number of esters is 2. The van der Waals surface area contributed by atoms with E-state index >= 15 is 4.79 Å². The number of carbonyl (C=O) groups excluding carboxylic acids is 3. The molecular weight excluding hydrogens is 907 g/mol. The van der Waals surface area contributed by atoms with E-state index < -0.39 is 157 Å². The molecule has 5 N–H and O–H groups in total. The lowest BCUT2D eigenvalue weighted by Crippen LogP contribution is -2.59. The van der Waals surface area contributed by atoms with Crippen molar-refractivity contribution in [3.63, 3.8) is 0 Å². The summed E-state index contributed by atoms with van der Waals surface area (Å²) in [6.07, 6.45) is -15.6. The van der Waals surface area contributed by atoms with Crippen molar-refractivity contribution in [2.75, 3.05) is 27.9 Å². The fourth-order valence-electron chi connectivity index (χ4n) is 10.6. The van der Waals surface area contributed by atoms with E-state index in [1.165, 1.54) is 35.2 Å². The van der Waals surface area contributed by atoms with Crippen LogP contribution in [-0.2, 0) is 66.6 Å². The first kappa shape index (κ1) is 59.1. The highest BCUT2D eigenvalue weighted by Gasteiger charge is 2.52. The van der Waals surface area contributed by atoms with Crippen molar-refractivity contribution in [2.45, 2.75) is 219 Å². The molecule has 69 heavy (non-hydrogen) atoms. The second-order valence-corrected chi connectivity index (χ2v) is 21.2. The zero-order valence-electron chi connectivity index (χ0n) is 43.6. The Bertz CT molecular complexity index is 1700. The maximum Gasteiger partial charge on any atom is 0.311 e. The molecule has 0 aromatic rings. The molecule has 0 spiro atoms. The molecule has 4 rings (SSSR count). The lowest BCUT2D eigenvalue weighted by molar-refractivity contribution is -0.305. The summed E-state index contributed by atoms with van der Waals surface area (Å²) in [5.74, 6) is -7.58. The fraction of sp³-hybridized carbons (Fsp3) is 0.918. The first-order valence-corrected chi connectivity index (χ1v) is 24.6. The number of Topliss-reactive ketones (excluding diaryl/α,β-unsaturated/α-hetero) is 1. The largest absolute Gasteiger partial charge is 0.461 e. The Balaban J connectivity index is 1.88. The molecule has 20 heteroatoms. The summed E-state index contributed by atoms with van der Waals surface area (Å²) in [6.45, 7) is 21.6. The van der Waals surface area contributed by atoms with Crippen molar-refractivity contribution in [3.8, 4) is 0 Å². The number of oxime groups is 1. The highest BCUT2D eigenvalue weighted by molar-refractivity contribution is 5.90. The number of ether oxygens (including phenoxy) is 10. The quantitative estimate of drug-likeness (QED) is 0.124. The standard InChI is InChI=1S/C49H85NO19/c1-22(2)17-33(51)66-39-27(7)38(24(4)21-62-47-42(60-15)41(59-14)35(52)30(10)65-47)68-45(56)29(9)40(67-34-20-49(13,58)44(55)31(11)64-34)26(6)37(23(3)19-48(12,57)43(54)28(39)8)69-46-36(53)32(50-61-16)18-25(5)63-46/h22-31,34-42,44,46-47,52-53,55,57-58H,17-21H2,1-16H3/t23-,24-,25+,26+,27-,28+,29+,30+,31-,34-,35+,36+,37-,38+,39+,40-,41+,42+,44-,46-,47+,48-,49+/m0/s1. The zero-order chi connectivity index (χ0) is 52.0. The van der Waals surface area contributed by atoms with E-state index in [1.54, 1.807) is 62.3 Å². The van der Waals surface area contributed by atoms with E-state index in [4.69, 9.17) is 52.2 Å². The summed E-state index contributed by atoms with van der Waals surface area (Å²) < 4.78 is 62.0. The van der Waals surface area contributed by atoms with E-state index in [-0.39, 0.29) is 43.9 Å². The molecule has 400 valence electrons. The van der Waals surface area contributed by atoms with Gasteiger partial charge in [-0.05, 0) is 59.8 Å². The van der Waals surface area contributed by atoms with Gasteiger partial charge in [-0.15, -0.1) is 0 Å². The van der Waals surface area contributed by atoms with Crippen LogP contribution in [0.4, 0.5) is 0 Å². The number of hydrogen-bond acceptors (Lipinski definition) is 20. The maximum atomic E-state index is 15.1. The molecule has 0 amide bonds. The normalized spacial score (nSPS) is 45.4. The monoisotopic (exact) mass is 992 g/mol. The molecule has 4 aliphatic heterocycles. The Morgan fingerprint density at radius 3 is 1.99 bits per heavy atom. The van der Waals surface area contributed by atoms with E-state index in [1.807, 2.05) is 13.8 Å². The van der Waals surface area contributed by atoms with Crippen LogP contribution < -0.4 is 0 Å². The number of methoxy groups -OCH3 is 2. The molecule has 0 radical (unpaired) electrons. The van der Waals surface area contributed by atoms with Crippen LogP contribution in [-0.4, -0.2) is 180 Å². The van der Waals surface area contributed by atoms with Crippen LogP contribution in [0.15, 0.2) is 5.16 Å². The van der Waals surface area contributed by atoms with Gasteiger partial charge in [0.2, 0.25) is 0 Å². The van der Waals surface area contributed by atoms with Crippen LogP contribution in [0, 0.1) is 41.4 Å². The molecule has 0 aromatic carbocycles. The Kier molecular flexibility index (Phi) is 21.4. The molecular formula is C49H85NO19. The average Bonchev–Trinajstić information content (AvgIpc) is 3.26. The van der Waals surface area contributed by atoms with Gasteiger partial charge in [-0.25, -0.2) is 0 Å². The highest BCUT2D eigenvalue weighted by atomic mass is 16.7. The summed E-state index contributed by atoms with van der Waals surface area (Å²) in [5.41, 5.74) is -3.45. The van der Waals surface area contributed by atoms with Gasteiger partial charge in [-0.1, -0.05) is 53.6 Å². The molecule has 20 nitrogen and oxygen atoms in total. The predicted molar refractivity (Wildman–Crippen MR) is 247 cm³/mol. The molecule has 4 aliphatic rings. The summed E-state index contributed by atoms with van der Waals surface area (Å²) in [6, 6.07) is 0. The van der Waals surface area contributed by atoms with Gasteiger partial charge in [0.15, 0.2) is 24.7 Å². The summed E-state index contributed by atoms with van der Waals surface area (Å²) in [4.78, 5) is 48.5. The average molecular weight is 992 g/mol. The second-order valence-electron chi connectivity index (χ2n) is 21.2. The topological polar surface area (TPSA) is 266 Å². The Hall–Kier alpha value is -2.44. The van der Waals surface area contributed by atoms with Crippen LogP contribution in [0.3, 0.4) is 0 Å². The van der Waals surface area contributed by atoms with E-state index in [0.717, 1.165) is 0 Å². The zero-order valence-corrected chi connectivity index (χ0v) is 43.6. The van der Waals surface area contributed by atoms with Crippen LogP contribution in [0.1, 0.15) is 116 Å². The smallest absolute Gasteiger partial charge is 0.311 e. The molecule has 4 saturated heterocycles. The first-order chi connectivity index (χ1) is 32.1. The molecule has 0 aliphatic carbocycles. The van der Waals surface area contributed by atoms with Crippen LogP contribution >= 0.6 is 0 Å². The second kappa shape index (κ2) is 25.0. The number of rotatable bonds is 14. The van der Waals surface area contributed by atoms with Gasteiger partial charge in [0.05, 0.1) is 60.3 Å². The minimum atomic E-state index is -2.07. The van der Waals surface area contributed by atoms with Gasteiger partial charge in [-0.2, -0.15) is 0 Å². The number of aliphatic hydroxyl groups excluding tert-OH is 3. The van der Waals surface area contributed by atoms with Crippen molar-refractivity contribution in [1.29, 1.82) is 0 Å². The Labute approximate surface area is 408 Å². The van der Waals surface area contributed by atoms with Crippen molar-refractivity contribution in [1.82, 2.24) is 0 Å². The first-order valence-electron chi connectivity index (χ1n) is 24.6. The van der Waals surface area contributed by atoms with Crippen LogP contribution in [0.2, 0.25) is 0 Å². The third-order valence-corrected chi connectivity index (χ3v) is 14.4. The minimum absolute atomic E-state index is 0.0199. The van der Waals surface area contributed by atoms with Crippen LogP contribution in [0.5, 0.6) is 0 Å². The van der Waals surface area contributed by atoms with Gasteiger partial charge in [0.1, 0.15) is 55.4 Å². The van der Waals surface area contributed by atoms with Crippen molar-refractivity contribution in [2.24, 2.45) is 46.6 Å². The lowest BCUT2D eigenvalue weighted by atomic mass is 9.74.